The number of carbonyl (C=O) groups excluding carboxylic acids is 1. The molecule has 1 saturated heterocycles. The van der Waals surface area contributed by atoms with Gasteiger partial charge in [0.2, 0.25) is 0 Å². The zero-order valence-corrected chi connectivity index (χ0v) is 19.7. The number of alkyl halides is 2. The number of fused-ring (bicyclic) bond motifs is 9. The number of carbonyl (C=O) groups is 1. The maximum atomic E-state index is 13.5. The van der Waals surface area contributed by atoms with Gasteiger partial charge in [-0.2, -0.15) is 8.78 Å². The molecule has 2 bridgehead atoms. The van der Waals surface area contributed by atoms with Gasteiger partial charge >= 0.3 is 13.7 Å². The van der Waals surface area contributed by atoms with Crippen LogP contribution in [0.15, 0.2) is 36.4 Å². The first-order valence-corrected chi connectivity index (χ1v) is 11.5. The van der Waals surface area contributed by atoms with Crippen LogP contribution in [-0.2, 0) is 9.31 Å². The second kappa shape index (κ2) is 7.27. The molecule has 2 atom stereocenters. The molecule has 35 heavy (non-hydrogen) atoms. The van der Waals surface area contributed by atoms with Crippen molar-refractivity contribution in [1.29, 1.82) is 0 Å². The Labute approximate surface area is 206 Å². The number of rotatable bonds is 3. The molecule has 182 valence electrons. The summed E-state index contributed by atoms with van der Waals surface area (Å²) in [5.74, 6) is -0.569. The van der Waals surface area contributed by atoms with Gasteiger partial charge in [-0.25, -0.2) is 4.98 Å². The molecule has 0 N–H and O–H groups in total. The first kappa shape index (κ1) is 19.2. The second-order valence-corrected chi connectivity index (χ2v) is 10.2. The lowest BCUT2D eigenvalue weighted by Gasteiger charge is -2.32. The molecule has 2 aromatic carbocycles. The van der Waals surface area contributed by atoms with E-state index in [1.54, 1.807) is 6.07 Å². The van der Waals surface area contributed by atoms with Crippen molar-refractivity contribution >= 4 is 29.5 Å². The lowest BCUT2D eigenvalue weighted by atomic mass is 9.79. The largest absolute Gasteiger partial charge is 0.494 e. The number of hydrogen-bond acceptors (Lipinski definition) is 5. The van der Waals surface area contributed by atoms with Crippen LogP contribution in [0.4, 0.5) is 8.78 Å². The fourth-order valence-electron chi connectivity index (χ4n) is 5.25. The molecule has 0 unspecified atom stereocenters. The quantitative estimate of drug-likeness (QED) is 0.525. The Balaban J connectivity index is 1.56. The molecule has 3 aliphatic rings. The highest BCUT2D eigenvalue weighted by Crippen LogP contribution is 2.50. The second-order valence-electron chi connectivity index (χ2n) is 10.2. The lowest BCUT2D eigenvalue weighted by molar-refractivity contribution is -0.0507. The third kappa shape index (κ3) is 3.15. The Morgan fingerprint density at radius 3 is 2.60 bits per heavy atom. The highest BCUT2D eigenvalue weighted by atomic mass is 19.3. The fourth-order valence-corrected chi connectivity index (χ4v) is 5.25. The van der Waals surface area contributed by atoms with Crippen molar-refractivity contribution < 1.29 is 31.7 Å². The van der Waals surface area contributed by atoms with E-state index in [0.29, 0.717) is 16.9 Å². The van der Waals surface area contributed by atoms with Crippen molar-refractivity contribution in [3.8, 4) is 5.75 Å². The van der Waals surface area contributed by atoms with Crippen LogP contribution in [0.25, 0.3) is 11.0 Å². The number of halogens is 2. The molecule has 0 spiro atoms. The summed E-state index contributed by atoms with van der Waals surface area (Å²) >= 11 is 0. The zero-order chi connectivity index (χ0) is 27.4. The maximum Gasteiger partial charge on any atom is 0.494 e. The van der Waals surface area contributed by atoms with Crippen LogP contribution in [-0.4, -0.2) is 52.3 Å². The van der Waals surface area contributed by atoms with E-state index < -0.39 is 49.9 Å². The summed E-state index contributed by atoms with van der Waals surface area (Å²) in [5.41, 5.74) is 1.08. The van der Waals surface area contributed by atoms with Crippen LogP contribution in [0.5, 0.6) is 5.75 Å². The highest BCUT2D eigenvalue weighted by Gasteiger charge is 2.52. The van der Waals surface area contributed by atoms with Crippen LogP contribution in [0.2, 0.25) is 0 Å². The van der Waals surface area contributed by atoms with Crippen LogP contribution >= 0.6 is 0 Å². The standard InChI is InChI=1S/C25H26BF2N3O4/c1-24(2)25(3,4)35-26(34-24)13-9-10-15-16(11-13)31-17-12-18(21(31)29-15)30(5)22(32)14-7-6-8-19(20(14)17)33-23(27)28/h6-11,17-18,23H,12H2,1-5H3/t17-,18+/m0/s1/i5D3. The number of nitrogens with zero attached hydrogens (tertiary/aromatic N) is 3. The molecule has 0 aliphatic carbocycles. The van der Waals surface area contributed by atoms with Gasteiger partial charge in [-0.3, -0.25) is 4.79 Å². The first-order chi connectivity index (χ1) is 17.7. The van der Waals surface area contributed by atoms with Crippen LogP contribution in [0, 0.1) is 0 Å². The molecule has 6 rings (SSSR count). The number of ether oxygens (including phenoxy) is 1. The summed E-state index contributed by atoms with van der Waals surface area (Å²) in [6.45, 7) is 1.92. The number of imidazole rings is 1. The van der Waals surface area contributed by atoms with Crippen molar-refractivity contribution in [3.05, 3.63) is 53.3 Å². The third-order valence-corrected chi connectivity index (χ3v) is 7.70. The Kier molecular flexibility index (Phi) is 4.00. The summed E-state index contributed by atoms with van der Waals surface area (Å²) in [6.07, 6.45) is 0.153. The van der Waals surface area contributed by atoms with Crippen LogP contribution < -0.4 is 10.2 Å². The van der Waals surface area contributed by atoms with E-state index >= 15 is 0 Å². The van der Waals surface area contributed by atoms with Gasteiger partial charge in [0.15, 0.2) is 0 Å². The van der Waals surface area contributed by atoms with Crippen molar-refractivity contribution in [2.24, 2.45) is 0 Å². The van der Waals surface area contributed by atoms with Gasteiger partial charge in [0.05, 0.1) is 34.3 Å². The Morgan fingerprint density at radius 1 is 1.17 bits per heavy atom. The molecular weight excluding hydrogens is 455 g/mol. The van der Waals surface area contributed by atoms with Crippen molar-refractivity contribution in [2.75, 3.05) is 6.98 Å². The smallest absolute Gasteiger partial charge is 0.434 e. The summed E-state index contributed by atoms with van der Waals surface area (Å²) in [5, 5.41) is 0. The predicted molar refractivity (Wildman–Crippen MR) is 126 cm³/mol. The average molecular weight is 484 g/mol. The van der Waals surface area contributed by atoms with Crippen molar-refractivity contribution in [3.63, 3.8) is 0 Å². The van der Waals surface area contributed by atoms with Gasteiger partial charge in [0.1, 0.15) is 11.6 Å². The van der Waals surface area contributed by atoms with Gasteiger partial charge in [-0.1, -0.05) is 12.1 Å². The van der Waals surface area contributed by atoms with E-state index in [4.69, 9.17) is 23.1 Å². The minimum absolute atomic E-state index is 0.0152. The van der Waals surface area contributed by atoms with Gasteiger partial charge in [-0.15, -0.1) is 0 Å². The van der Waals surface area contributed by atoms with E-state index in [9.17, 15) is 13.6 Å². The Morgan fingerprint density at radius 2 is 1.91 bits per heavy atom. The first-order valence-electron chi connectivity index (χ1n) is 13.0. The monoisotopic (exact) mass is 484 g/mol. The SMILES string of the molecule is [2H]C([2H])([2H])N1C(=O)c2cccc(OC(F)F)c2[C@@H]2C[C@@H]1c1nc3ccc(B4OC(C)(C)C(C)(C)O4)cc3n12. The van der Waals surface area contributed by atoms with Crippen molar-refractivity contribution in [1.82, 2.24) is 14.5 Å². The minimum Gasteiger partial charge on any atom is -0.434 e. The van der Waals surface area contributed by atoms with E-state index in [0.717, 1.165) is 10.4 Å². The molecule has 10 heteroatoms. The predicted octanol–water partition coefficient (Wildman–Crippen LogP) is 4.06. The molecule has 0 saturated carbocycles. The van der Waals surface area contributed by atoms with E-state index in [-0.39, 0.29) is 23.3 Å². The molecule has 7 nitrogen and oxygen atoms in total. The summed E-state index contributed by atoms with van der Waals surface area (Å²) < 4.78 is 70.2. The van der Waals surface area contributed by atoms with E-state index in [1.807, 2.05) is 44.4 Å². The normalized spacial score (nSPS) is 25.8. The van der Waals surface area contributed by atoms with E-state index in [1.165, 1.54) is 18.2 Å². The Hall–Kier alpha value is -2.98. The molecule has 1 amide bonds. The molecule has 1 fully saturated rings. The number of benzene rings is 2. The Bertz CT molecular complexity index is 1460. The van der Waals surface area contributed by atoms with Crippen LogP contribution in [0.3, 0.4) is 0 Å². The number of aromatic nitrogens is 2. The van der Waals surface area contributed by atoms with Gasteiger partial charge < -0.3 is 23.5 Å². The highest BCUT2D eigenvalue weighted by molar-refractivity contribution is 6.62. The van der Waals surface area contributed by atoms with Gasteiger partial charge in [-0.05, 0) is 57.4 Å². The van der Waals surface area contributed by atoms with Gasteiger partial charge in [0.25, 0.3) is 5.91 Å². The van der Waals surface area contributed by atoms with Gasteiger partial charge in [0, 0.05) is 28.6 Å². The van der Waals surface area contributed by atoms with E-state index in [2.05, 4.69) is 0 Å². The summed E-state index contributed by atoms with van der Waals surface area (Å²) in [4.78, 5) is 19.1. The summed E-state index contributed by atoms with van der Waals surface area (Å²) in [7, 11) is -0.649. The minimum atomic E-state index is -3.12. The topological polar surface area (TPSA) is 65.8 Å². The molecule has 4 heterocycles. The van der Waals surface area contributed by atoms with Crippen molar-refractivity contribution in [2.45, 2.75) is 64.0 Å². The number of hydrogen-bond donors (Lipinski definition) is 0. The average Bonchev–Trinajstić information content (AvgIpc) is 3.37. The maximum absolute atomic E-state index is 13.5. The zero-order valence-electron chi connectivity index (χ0n) is 22.7. The molecular formula is C25H26BF2N3O4. The lowest BCUT2D eigenvalue weighted by Crippen LogP contribution is -2.41. The molecule has 1 aromatic heterocycles. The number of amides is 1. The van der Waals surface area contributed by atoms with Crippen LogP contribution in [0.1, 0.15) is 72.1 Å². The molecule has 3 aromatic rings. The fraction of sp³-hybridized carbons (Fsp3) is 0.440. The molecule has 0 radical (unpaired) electrons. The summed E-state index contributed by atoms with van der Waals surface area (Å²) in [6, 6.07) is 8.17. The third-order valence-electron chi connectivity index (χ3n) is 7.70. The molecule has 3 aliphatic heterocycles.